The number of aryl methyl sites for hydroxylation is 1. The fraction of sp³-hybridized carbons (Fsp3) is 0.765. The molecule has 0 spiro atoms. The van der Waals surface area contributed by atoms with Crippen LogP contribution in [0.25, 0.3) is 0 Å². The summed E-state index contributed by atoms with van der Waals surface area (Å²) < 4.78 is 35.7. The number of morpholine rings is 1. The van der Waals surface area contributed by atoms with Gasteiger partial charge >= 0.3 is 5.69 Å². The minimum absolute atomic E-state index is 0.249. The molecule has 9 nitrogen and oxygen atoms in total. The molecule has 0 bridgehead atoms. The highest BCUT2D eigenvalue weighted by atomic mass is 32.2. The van der Waals surface area contributed by atoms with Gasteiger partial charge in [-0.2, -0.15) is 0 Å². The molecule has 1 N–H and O–H groups in total. The number of ether oxygens (including phenoxy) is 1. The van der Waals surface area contributed by atoms with Gasteiger partial charge in [0.25, 0.3) is 5.56 Å². The van der Waals surface area contributed by atoms with Gasteiger partial charge < -0.3 is 9.30 Å². The van der Waals surface area contributed by atoms with Crippen molar-refractivity contribution in [3.63, 3.8) is 0 Å². The predicted molar refractivity (Wildman–Crippen MR) is 100 cm³/mol. The Bertz CT molecular complexity index is 893. The molecule has 2 heterocycles. The molecule has 0 atom stereocenters. The van der Waals surface area contributed by atoms with E-state index in [-0.39, 0.29) is 12.1 Å². The molecule has 1 aromatic heterocycles. The molecule has 0 unspecified atom stereocenters. The van der Waals surface area contributed by atoms with Crippen molar-refractivity contribution in [2.75, 3.05) is 32.8 Å². The summed E-state index contributed by atoms with van der Waals surface area (Å²) in [5, 5.41) is 0. The molecule has 10 heteroatoms. The van der Waals surface area contributed by atoms with Crippen LogP contribution in [0.4, 0.5) is 0 Å². The lowest BCUT2D eigenvalue weighted by Gasteiger charge is -2.48. The lowest BCUT2D eigenvalue weighted by Crippen LogP contribution is -2.59. The zero-order chi connectivity index (χ0) is 19.7. The number of hydrogen-bond donors (Lipinski definition) is 1. The number of nitrogens with one attached hydrogen (secondary N) is 1. The second kappa shape index (κ2) is 7.86. The Balaban J connectivity index is 1.86. The standard InChI is InChI=1S/C17H28N4O5S/c1-19-12-14(15(22)20(2)16(19)23)27(24,25)18-13-17(6-4-3-5-7-17)21-8-10-26-11-9-21/h12,18H,3-11,13H2,1-2H3. The van der Waals surface area contributed by atoms with Crippen molar-refractivity contribution in [2.45, 2.75) is 42.5 Å². The van der Waals surface area contributed by atoms with E-state index in [4.69, 9.17) is 4.74 Å². The van der Waals surface area contributed by atoms with Crippen LogP contribution in [0.1, 0.15) is 32.1 Å². The molecule has 0 radical (unpaired) electrons. The molecule has 1 aromatic rings. The van der Waals surface area contributed by atoms with Gasteiger partial charge in [-0.3, -0.25) is 14.3 Å². The van der Waals surface area contributed by atoms with Crippen molar-refractivity contribution < 1.29 is 13.2 Å². The van der Waals surface area contributed by atoms with E-state index in [1.165, 1.54) is 14.1 Å². The molecule has 1 saturated heterocycles. The van der Waals surface area contributed by atoms with Crippen LogP contribution >= 0.6 is 0 Å². The Hall–Kier alpha value is -1.49. The van der Waals surface area contributed by atoms with Crippen LogP contribution in [-0.2, 0) is 28.9 Å². The van der Waals surface area contributed by atoms with E-state index in [0.717, 1.165) is 60.5 Å². The third-order valence-corrected chi connectivity index (χ3v) is 7.15. The van der Waals surface area contributed by atoms with Crippen molar-refractivity contribution in [1.82, 2.24) is 18.8 Å². The molecule has 3 rings (SSSR count). The monoisotopic (exact) mass is 400 g/mol. The first-order valence-electron chi connectivity index (χ1n) is 9.36. The molecule has 1 saturated carbocycles. The van der Waals surface area contributed by atoms with Crippen LogP contribution in [0.2, 0.25) is 0 Å². The second-order valence-electron chi connectivity index (χ2n) is 7.46. The maximum absolute atomic E-state index is 12.9. The van der Waals surface area contributed by atoms with Gasteiger partial charge in [-0.05, 0) is 12.8 Å². The minimum atomic E-state index is -4.03. The van der Waals surface area contributed by atoms with Crippen molar-refractivity contribution in [2.24, 2.45) is 14.1 Å². The quantitative estimate of drug-likeness (QED) is 0.708. The van der Waals surface area contributed by atoms with Gasteiger partial charge in [0, 0.05) is 45.5 Å². The Kier molecular flexibility index (Phi) is 5.90. The number of rotatable bonds is 5. The third kappa shape index (κ3) is 4.03. The first-order valence-corrected chi connectivity index (χ1v) is 10.8. The molecule has 1 aliphatic heterocycles. The van der Waals surface area contributed by atoms with Gasteiger partial charge in [0.15, 0.2) is 4.90 Å². The Morgan fingerprint density at radius 3 is 2.37 bits per heavy atom. The SMILES string of the molecule is Cn1cc(S(=O)(=O)NCC2(N3CCOCC3)CCCCC2)c(=O)n(C)c1=O. The summed E-state index contributed by atoms with van der Waals surface area (Å²) in [6.45, 7) is 3.11. The molecule has 152 valence electrons. The average Bonchev–Trinajstić information content (AvgIpc) is 2.69. The summed E-state index contributed by atoms with van der Waals surface area (Å²) >= 11 is 0. The summed E-state index contributed by atoms with van der Waals surface area (Å²) in [4.78, 5) is 26.1. The summed E-state index contributed by atoms with van der Waals surface area (Å²) in [5.41, 5.74) is -1.62. The van der Waals surface area contributed by atoms with Crippen molar-refractivity contribution >= 4 is 10.0 Å². The van der Waals surface area contributed by atoms with Crippen LogP contribution < -0.4 is 16.0 Å². The maximum Gasteiger partial charge on any atom is 0.330 e. The first-order chi connectivity index (χ1) is 12.8. The first kappa shape index (κ1) is 20.2. The van der Waals surface area contributed by atoms with Crippen LogP contribution in [0.3, 0.4) is 0 Å². The number of nitrogens with zero attached hydrogens (tertiary/aromatic N) is 3. The lowest BCUT2D eigenvalue weighted by atomic mass is 9.80. The summed E-state index contributed by atoms with van der Waals surface area (Å²) in [6, 6.07) is 0. The third-order valence-electron chi connectivity index (χ3n) is 5.76. The Morgan fingerprint density at radius 1 is 1.11 bits per heavy atom. The highest BCUT2D eigenvalue weighted by molar-refractivity contribution is 7.89. The van der Waals surface area contributed by atoms with Crippen LogP contribution in [0, 0.1) is 0 Å². The zero-order valence-corrected chi connectivity index (χ0v) is 16.8. The van der Waals surface area contributed by atoms with Crippen molar-refractivity contribution in [3.8, 4) is 0 Å². The zero-order valence-electron chi connectivity index (χ0n) is 15.9. The van der Waals surface area contributed by atoms with Crippen molar-refractivity contribution in [3.05, 3.63) is 27.0 Å². The van der Waals surface area contributed by atoms with Crippen molar-refractivity contribution in [1.29, 1.82) is 0 Å². The highest BCUT2D eigenvalue weighted by Gasteiger charge is 2.39. The molecule has 2 fully saturated rings. The molecule has 0 amide bonds. The normalized spacial score (nSPS) is 21.3. The van der Waals surface area contributed by atoms with E-state index in [2.05, 4.69) is 9.62 Å². The highest BCUT2D eigenvalue weighted by Crippen LogP contribution is 2.34. The van der Waals surface area contributed by atoms with Gasteiger partial charge in [-0.15, -0.1) is 0 Å². The fourth-order valence-corrected chi connectivity index (χ4v) is 5.40. The van der Waals surface area contributed by atoms with Gasteiger partial charge in [0.05, 0.1) is 13.2 Å². The summed E-state index contributed by atoms with van der Waals surface area (Å²) in [5.74, 6) is 0. The number of aromatic nitrogens is 2. The Morgan fingerprint density at radius 2 is 1.74 bits per heavy atom. The van der Waals surface area contributed by atoms with E-state index in [0.29, 0.717) is 13.2 Å². The van der Waals surface area contributed by atoms with Crippen LogP contribution in [0.15, 0.2) is 20.7 Å². The number of sulfonamides is 1. The van der Waals surface area contributed by atoms with Gasteiger partial charge in [0.2, 0.25) is 10.0 Å². The van der Waals surface area contributed by atoms with E-state index in [1.807, 2.05) is 0 Å². The topological polar surface area (TPSA) is 103 Å². The number of hydrogen-bond acceptors (Lipinski definition) is 6. The molecule has 27 heavy (non-hydrogen) atoms. The second-order valence-corrected chi connectivity index (χ2v) is 9.20. The minimum Gasteiger partial charge on any atom is -0.379 e. The summed E-state index contributed by atoms with van der Waals surface area (Å²) in [6.07, 6.45) is 6.19. The Labute approximate surface area is 159 Å². The predicted octanol–water partition coefficient (Wildman–Crippen LogP) is -0.603. The molecule has 1 aliphatic carbocycles. The summed E-state index contributed by atoms with van der Waals surface area (Å²) in [7, 11) is -1.32. The van der Waals surface area contributed by atoms with Gasteiger partial charge in [-0.25, -0.2) is 17.9 Å². The van der Waals surface area contributed by atoms with E-state index >= 15 is 0 Å². The molecular weight excluding hydrogens is 372 g/mol. The van der Waals surface area contributed by atoms with Crippen LogP contribution in [-0.4, -0.2) is 60.8 Å². The molecular formula is C17H28N4O5S. The fourth-order valence-electron chi connectivity index (χ4n) is 4.12. The maximum atomic E-state index is 12.9. The van der Waals surface area contributed by atoms with Gasteiger partial charge in [0.1, 0.15) is 0 Å². The van der Waals surface area contributed by atoms with E-state index in [1.54, 1.807) is 0 Å². The van der Waals surface area contributed by atoms with E-state index in [9.17, 15) is 18.0 Å². The largest absolute Gasteiger partial charge is 0.379 e. The van der Waals surface area contributed by atoms with Gasteiger partial charge in [-0.1, -0.05) is 19.3 Å². The lowest BCUT2D eigenvalue weighted by molar-refractivity contribution is -0.0348. The molecule has 0 aromatic carbocycles. The van der Waals surface area contributed by atoms with E-state index < -0.39 is 26.2 Å². The van der Waals surface area contributed by atoms with Crippen LogP contribution in [0.5, 0.6) is 0 Å². The smallest absolute Gasteiger partial charge is 0.330 e. The average molecular weight is 401 g/mol. The molecule has 2 aliphatic rings.